The van der Waals surface area contributed by atoms with E-state index in [4.69, 9.17) is 18.9 Å². The van der Waals surface area contributed by atoms with Crippen LogP contribution in [0.5, 0.6) is 23.0 Å². The highest BCUT2D eigenvalue weighted by atomic mass is 16.7. The molecule has 0 unspecified atom stereocenters. The van der Waals surface area contributed by atoms with Crippen molar-refractivity contribution in [2.75, 3.05) is 40.2 Å². The van der Waals surface area contributed by atoms with E-state index < -0.39 is 0 Å². The summed E-state index contributed by atoms with van der Waals surface area (Å²) in [5.41, 5.74) is 1.77. The Bertz CT molecular complexity index is 757. The fourth-order valence-electron chi connectivity index (χ4n) is 3.45. The zero-order valence-electron chi connectivity index (χ0n) is 14.1. The average molecular weight is 343 g/mol. The highest BCUT2D eigenvalue weighted by Crippen LogP contribution is 2.44. The maximum Gasteiger partial charge on any atom is 0.231 e. The molecule has 0 saturated carbocycles. The van der Waals surface area contributed by atoms with Crippen LogP contribution in [0.4, 0.5) is 0 Å². The van der Waals surface area contributed by atoms with E-state index in [0.29, 0.717) is 24.7 Å². The first-order chi connectivity index (χ1) is 12.3. The van der Waals surface area contributed by atoms with Gasteiger partial charge in [-0.05, 0) is 12.1 Å². The van der Waals surface area contributed by atoms with E-state index in [0.717, 1.165) is 30.0 Å². The van der Waals surface area contributed by atoms with Gasteiger partial charge >= 0.3 is 0 Å². The predicted octanol–water partition coefficient (Wildman–Crippen LogP) is 2.55. The quantitative estimate of drug-likeness (QED) is 0.921. The van der Waals surface area contributed by atoms with Crippen LogP contribution in [0.3, 0.4) is 0 Å². The SMILES string of the molecule is COc1ccccc1[C@@H](c1cc2c(cc1O)OCO2)N1CCOCC1. The fraction of sp³-hybridized carbons (Fsp3) is 0.368. The van der Waals surface area contributed by atoms with Crippen LogP contribution >= 0.6 is 0 Å². The second-order valence-electron chi connectivity index (χ2n) is 6.06. The Kier molecular flexibility index (Phi) is 4.38. The molecule has 1 N–H and O–H groups in total. The third-order valence-corrected chi connectivity index (χ3v) is 4.66. The highest BCUT2D eigenvalue weighted by molar-refractivity contribution is 5.55. The normalized spacial score (nSPS) is 18.1. The zero-order chi connectivity index (χ0) is 17.2. The Morgan fingerprint density at radius 3 is 2.52 bits per heavy atom. The molecular weight excluding hydrogens is 322 g/mol. The molecule has 6 nitrogen and oxygen atoms in total. The molecule has 1 fully saturated rings. The van der Waals surface area contributed by atoms with Crippen molar-refractivity contribution in [3.8, 4) is 23.0 Å². The minimum absolute atomic E-state index is 0.158. The molecule has 1 atom stereocenters. The van der Waals surface area contributed by atoms with Gasteiger partial charge in [-0.15, -0.1) is 0 Å². The van der Waals surface area contributed by atoms with Gasteiger partial charge in [0.1, 0.15) is 11.5 Å². The first-order valence-corrected chi connectivity index (χ1v) is 8.35. The number of hydrogen-bond donors (Lipinski definition) is 1. The van der Waals surface area contributed by atoms with Crippen LogP contribution in [0, 0.1) is 0 Å². The van der Waals surface area contributed by atoms with Crippen molar-refractivity contribution in [3.63, 3.8) is 0 Å². The van der Waals surface area contributed by atoms with Gasteiger partial charge in [-0.25, -0.2) is 0 Å². The summed E-state index contributed by atoms with van der Waals surface area (Å²) in [6.45, 7) is 3.05. The van der Waals surface area contributed by atoms with Crippen LogP contribution in [0.15, 0.2) is 36.4 Å². The lowest BCUT2D eigenvalue weighted by Gasteiger charge is -2.36. The molecule has 6 heteroatoms. The molecule has 4 rings (SSSR count). The largest absolute Gasteiger partial charge is 0.507 e. The molecule has 25 heavy (non-hydrogen) atoms. The molecule has 2 heterocycles. The van der Waals surface area contributed by atoms with Crippen LogP contribution < -0.4 is 14.2 Å². The van der Waals surface area contributed by atoms with Crippen LogP contribution in [0.2, 0.25) is 0 Å². The van der Waals surface area contributed by atoms with E-state index in [1.165, 1.54) is 0 Å². The number of morpholine rings is 1. The Labute approximate surface area is 146 Å². The second-order valence-corrected chi connectivity index (χ2v) is 6.06. The van der Waals surface area contributed by atoms with Gasteiger partial charge in [0, 0.05) is 30.3 Å². The van der Waals surface area contributed by atoms with E-state index in [9.17, 15) is 5.11 Å². The first-order valence-electron chi connectivity index (χ1n) is 8.35. The maximum absolute atomic E-state index is 10.7. The summed E-state index contributed by atoms with van der Waals surface area (Å²) < 4.78 is 22.0. The van der Waals surface area contributed by atoms with Crippen molar-refractivity contribution in [1.82, 2.24) is 4.90 Å². The molecule has 2 aliphatic rings. The lowest BCUT2D eigenvalue weighted by molar-refractivity contribution is 0.0231. The Hall–Kier alpha value is -2.44. The topological polar surface area (TPSA) is 60.4 Å². The minimum Gasteiger partial charge on any atom is -0.507 e. The van der Waals surface area contributed by atoms with Crippen molar-refractivity contribution in [3.05, 3.63) is 47.5 Å². The van der Waals surface area contributed by atoms with Gasteiger partial charge in [0.05, 0.1) is 26.4 Å². The van der Waals surface area contributed by atoms with Crippen molar-refractivity contribution < 1.29 is 24.1 Å². The summed E-state index contributed by atoms with van der Waals surface area (Å²) in [6, 6.07) is 11.2. The highest BCUT2D eigenvalue weighted by Gasteiger charge is 2.30. The number of phenolic OH excluding ortho intramolecular Hbond substituents is 1. The van der Waals surface area contributed by atoms with Gasteiger partial charge in [-0.1, -0.05) is 18.2 Å². The molecule has 2 aromatic rings. The van der Waals surface area contributed by atoms with Gasteiger partial charge in [0.25, 0.3) is 0 Å². The average Bonchev–Trinajstić information content (AvgIpc) is 3.10. The third-order valence-electron chi connectivity index (χ3n) is 4.66. The number of ether oxygens (including phenoxy) is 4. The van der Waals surface area contributed by atoms with Crippen LogP contribution in [-0.2, 0) is 4.74 Å². The number of methoxy groups -OCH3 is 1. The summed E-state index contributed by atoms with van der Waals surface area (Å²) in [7, 11) is 1.66. The van der Waals surface area contributed by atoms with Gasteiger partial charge in [0.2, 0.25) is 6.79 Å². The second kappa shape index (κ2) is 6.82. The molecule has 0 amide bonds. The van der Waals surface area contributed by atoms with E-state index in [2.05, 4.69) is 4.90 Å². The minimum atomic E-state index is -0.158. The summed E-state index contributed by atoms with van der Waals surface area (Å²) in [5, 5.41) is 10.7. The van der Waals surface area contributed by atoms with Crippen LogP contribution in [0.25, 0.3) is 0 Å². The van der Waals surface area contributed by atoms with Crippen LogP contribution in [0.1, 0.15) is 17.2 Å². The number of hydrogen-bond acceptors (Lipinski definition) is 6. The molecule has 0 aliphatic carbocycles. The maximum atomic E-state index is 10.7. The zero-order valence-corrected chi connectivity index (χ0v) is 14.1. The molecular formula is C19H21NO5. The standard InChI is InChI=1S/C19H21NO5/c1-22-16-5-3-2-4-13(16)19(20-6-8-23-9-7-20)14-10-17-18(11-15(14)21)25-12-24-17/h2-5,10-11,19,21H,6-9,12H2,1H3/t19-/m0/s1. The summed E-state index contributed by atoms with van der Waals surface area (Å²) in [4.78, 5) is 2.29. The number of para-hydroxylation sites is 1. The van der Waals surface area contributed by atoms with Crippen molar-refractivity contribution in [1.29, 1.82) is 0 Å². The van der Waals surface area contributed by atoms with E-state index in [-0.39, 0.29) is 18.6 Å². The lowest BCUT2D eigenvalue weighted by atomic mass is 9.94. The van der Waals surface area contributed by atoms with E-state index >= 15 is 0 Å². The van der Waals surface area contributed by atoms with Gasteiger partial charge in [-0.3, -0.25) is 4.90 Å². The fourth-order valence-corrected chi connectivity index (χ4v) is 3.45. The van der Waals surface area contributed by atoms with Crippen molar-refractivity contribution in [2.24, 2.45) is 0 Å². The Morgan fingerprint density at radius 2 is 1.76 bits per heavy atom. The molecule has 2 aromatic carbocycles. The van der Waals surface area contributed by atoms with Crippen molar-refractivity contribution >= 4 is 0 Å². The van der Waals surface area contributed by atoms with Crippen LogP contribution in [-0.4, -0.2) is 50.2 Å². The van der Waals surface area contributed by atoms with Crippen molar-refractivity contribution in [2.45, 2.75) is 6.04 Å². The number of aromatic hydroxyl groups is 1. The first kappa shape index (κ1) is 16.1. The molecule has 0 bridgehead atoms. The predicted molar refractivity (Wildman–Crippen MR) is 91.5 cm³/mol. The van der Waals surface area contributed by atoms with Gasteiger partial charge < -0.3 is 24.1 Å². The molecule has 0 aromatic heterocycles. The number of phenols is 1. The third kappa shape index (κ3) is 2.99. The smallest absolute Gasteiger partial charge is 0.231 e. The molecule has 1 saturated heterocycles. The molecule has 132 valence electrons. The number of nitrogens with zero attached hydrogens (tertiary/aromatic N) is 1. The summed E-state index contributed by atoms with van der Waals surface area (Å²) in [5.74, 6) is 2.20. The molecule has 0 radical (unpaired) electrons. The Balaban J connectivity index is 1.83. The van der Waals surface area contributed by atoms with Gasteiger partial charge in [-0.2, -0.15) is 0 Å². The number of rotatable bonds is 4. The van der Waals surface area contributed by atoms with E-state index in [1.54, 1.807) is 13.2 Å². The number of fused-ring (bicyclic) bond motifs is 1. The molecule has 0 spiro atoms. The van der Waals surface area contributed by atoms with E-state index in [1.807, 2.05) is 30.3 Å². The summed E-state index contributed by atoms with van der Waals surface area (Å²) >= 11 is 0. The number of benzene rings is 2. The Morgan fingerprint density at radius 1 is 1.04 bits per heavy atom. The molecule has 2 aliphatic heterocycles. The monoisotopic (exact) mass is 343 g/mol. The lowest BCUT2D eigenvalue weighted by Crippen LogP contribution is -2.39. The van der Waals surface area contributed by atoms with Gasteiger partial charge in [0.15, 0.2) is 11.5 Å². The summed E-state index contributed by atoms with van der Waals surface area (Å²) in [6.07, 6.45) is 0.